The molecule has 2 heterocycles. The Bertz CT molecular complexity index is 3320. The van der Waals surface area contributed by atoms with Gasteiger partial charge in [-0.1, -0.05) is 148 Å². The minimum atomic E-state index is -1.77. The molecule has 278 valence electrons. The standard InChI is InChI=1S/C54H41N3O/c1-53(2)45-29-34(35-20-24-41-38-15-7-9-17-44(38)54(47(41)30-35)27-11-4-12-28-54)19-23-39(45)40-25-21-36(31-46(40)53)51-55-50(33-13-5-3-6-14-33)56-52(57-51)37-22-26-43-42-16-8-10-18-48(42)58-49(43)32-37/h3,5-10,13-26,29-32H,4,11-12,27-28H2,1-2H3/i27D2,28D2. The van der Waals surface area contributed by atoms with Crippen LogP contribution in [-0.4, -0.2) is 15.0 Å². The lowest BCUT2D eigenvalue weighted by Gasteiger charge is -2.36. The molecule has 4 heteroatoms. The molecule has 7 aromatic carbocycles. The van der Waals surface area contributed by atoms with Crippen LogP contribution in [0.2, 0.25) is 0 Å². The predicted molar refractivity (Wildman–Crippen MR) is 236 cm³/mol. The number of furan rings is 1. The van der Waals surface area contributed by atoms with Gasteiger partial charge in [0.1, 0.15) is 11.2 Å². The second-order valence-corrected chi connectivity index (χ2v) is 16.4. The van der Waals surface area contributed by atoms with Gasteiger partial charge in [-0.2, -0.15) is 0 Å². The van der Waals surface area contributed by atoms with Gasteiger partial charge in [-0.25, -0.2) is 15.0 Å². The van der Waals surface area contributed by atoms with Gasteiger partial charge in [0.05, 0.1) is 0 Å². The zero-order chi connectivity index (χ0) is 42.2. The minimum absolute atomic E-state index is 0.315. The highest BCUT2D eigenvalue weighted by atomic mass is 16.3. The summed E-state index contributed by atoms with van der Waals surface area (Å²) in [6.45, 7) is 4.53. The maximum Gasteiger partial charge on any atom is 0.164 e. The van der Waals surface area contributed by atoms with Crippen LogP contribution in [0.25, 0.3) is 89.5 Å². The minimum Gasteiger partial charge on any atom is -0.456 e. The van der Waals surface area contributed by atoms with E-state index in [0.29, 0.717) is 36.7 Å². The Balaban J connectivity index is 0.949. The molecule has 58 heavy (non-hydrogen) atoms. The Morgan fingerprint density at radius 2 is 0.948 bits per heavy atom. The molecule has 0 saturated heterocycles. The van der Waals surface area contributed by atoms with Crippen LogP contribution >= 0.6 is 0 Å². The van der Waals surface area contributed by atoms with Crippen molar-refractivity contribution in [2.75, 3.05) is 0 Å². The number of nitrogens with zero attached hydrogens (tertiary/aromatic N) is 3. The molecule has 1 spiro atoms. The average Bonchev–Trinajstić information content (AvgIpc) is 3.89. The molecular formula is C54H41N3O. The van der Waals surface area contributed by atoms with E-state index in [1.165, 1.54) is 22.3 Å². The van der Waals surface area contributed by atoms with Crippen LogP contribution in [-0.2, 0) is 10.8 Å². The molecule has 0 atom stereocenters. The van der Waals surface area contributed by atoms with Crippen molar-refractivity contribution in [2.45, 2.75) is 56.7 Å². The van der Waals surface area contributed by atoms with Crippen molar-refractivity contribution >= 4 is 21.9 Å². The maximum absolute atomic E-state index is 9.44. The molecule has 0 amide bonds. The summed E-state index contributed by atoms with van der Waals surface area (Å²) in [5.74, 6) is 1.75. The summed E-state index contributed by atoms with van der Waals surface area (Å²) in [5, 5.41) is 2.12. The van der Waals surface area contributed by atoms with Crippen LogP contribution < -0.4 is 0 Å². The van der Waals surface area contributed by atoms with E-state index in [9.17, 15) is 5.48 Å². The van der Waals surface area contributed by atoms with E-state index in [1.807, 2.05) is 78.9 Å². The number of benzene rings is 7. The summed E-state index contributed by atoms with van der Waals surface area (Å²) in [7, 11) is 0. The maximum atomic E-state index is 9.44. The van der Waals surface area contributed by atoms with E-state index in [2.05, 4.69) is 86.6 Å². The molecule has 0 aliphatic heterocycles. The first-order valence-electron chi connectivity index (χ1n) is 22.2. The Morgan fingerprint density at radius 1 is 0.431 bits per heavy atom. The van der Waals surface area contributed by atoms with E-state index in [4.69, 9.17) is 19.4 Å². The number of aromatic nitrogens is 3. The van der Waals surface area contributed by atoms with E-state index in [1.54, 1.807) is 0 Å². The molecule has 12 rings (SSSR count). The zero-order valence-corrected chi connectivity index (χ0v) is 32.3. The second-order valence-electron chi connectivity index (χ2n) is 16.4. The summed E-state index contributed by atoms with van der Waals surface area (Å²) < 4.78 is 44.0. The third kappa shape index (κ3) is 4.91. The summed E-state index contributed by atoms with van der Waals surface area (Å²) in [5.41, 5.74) is 12.6. The van der Waals surface area contributed by atoms with Gasteiger partial charge in [0.15, 0.2) is 17.5 Å². The molecule has 0 radical (unpaired) electrons. The number of hydrogen-bond donors (Lipinski definition) is 0. The highest BCUT2D eigenvalue weighted by Gasteiger charge is 2.44. The van der Waals surface area contributed by atoms with Crippen molar-refractivity contribution in [3.63, 3.8) is 0 Å². The molecule has 4 nitrogen and oxygen atoms in total. The van der Waals surface area contributed by atoms with Gasteiger partial charge in [0.2, 0.25) is 0 Å². The van der Waals surface area contributed by atoms with Crippen LogP contribution in [0.5, 0.6) is 0 Å². The lowest BCUT2D eigenvalue weighted by atomic mass is 9.67. The topological polar surface area (TPSA) is 51.8 Å². The van der Waals surface area contributed by atoms with Crippen molar-refractivity contribution in [3.8, 4) is 67.5 Å². The van der Waals surface area contributed by atoms with Crippen molar-refractivity contribution in [1.82, 2.24) is 15.0 Å². The highest BCUT2D eigenvalue weighted by Crippen LogP contribution is 2.57. The number of hydrogen-bond acceptors (Lipinski definition) is 4. The van der Waals surface area contributed by atoms with Crippen LogP contribution in [0.4, 0.5) is 0 Å². The Morgan fingerprint density at radius 3 is 1.69 bits per heavy atom. The average molecular weight is 752 g/mol. The summed E-state index contributed by atoms with van der Waals surface area (Å²) in [4.78, 5) is 15.2. The van der Waals surface area contributed by atoms with E-state index < -0.39 is 18.2 Å². The number of para-hydroxylation sites is 1. The first-order chi connectivity index (χ1) is 29.9. The van der Waals surface area contributed by atoms with Gasteiger partial charge in [-0.05, 0) is 105 Å². The van der Waals surface area contributed by atoms with E-state index >= 15 is 0 Å². The summed E-state index contributed by atoms with van der Waals surface area (Å²) >= 11 is 0. The van der Waals surface area contributed by atoms with Gasteiger partial charge >= 0.3 is 0 Å². The van der Waals surface area contributed by atoms with E-state index in [-0.39, 0.29) is 5.41 Å². The molecular weight excluding hydrogens is 707 g/mol. The number of fused-ring (bicyclic) bond motifs is 11. The van der Waals surface area contributed by atoms with Gasteiger partial charge in [-0.15, -0.1) is 0 Å². The smallest absolute Gasteiger partial charge is 0.164 e. The monoisotopic (exact) mass is 751 g/mol. The normalized spacial score (nSPS) is 18.4. The van der Waals surface area contributed by atoms with Gasteiger partial charge in [0, 0.05) is 43.8 Å². The van der Waals surface area contributed by atoms with Gasteiger partial charge < -0.3 is 4.42 Å². The first kappa shape index (κ1) is 29.6. The molecule has 9 aromatic rings. The predicted octanol–water partition coefficient (Wildman–Crippen LogP) is 14.0. The van der Waals surface area contributed by atoms with Crippen molar-refractivity contribution in [1.29, 1.82) is 0 Å². The summed E-state index contributed by atoms with van der Waals surface area (Å²) in [6, 6.07) is 51.6. The van der Waals surface area contributed by atoms with Crippen molar-refractivity contribution < 1.29 is 9.90 Å². The lowest BCUT2D eigenvalue weighted by Crippen LogP contribution is -2.28. The third-order valence-corrected chi connectivity index (χ3v) is 12.8. The fourth-order valence-electron chi connectivity index (χ4n) is 9.81. The number of rotatable bonds is 4. The molecule has 3 aliphatic carbocycles. The molecule has 0 unspecified atom stereocenters. The molecule has 0 N–H and O–H groups in total. The fraction of sp³-hybridized carbons (Fsp3) is 0.167. The van der Waals surface area contributed by atoms with Crippen molar-refractivity contribution in [2.24, 2.45) is 0 Å². The van der Waals surface area contributed by atoms with Crippen LogP contribution in [0.15, 0.2) is 156 Å². The SMILES string of the molecule is [2H]C1([2H])CCCC([2H])([2H])C12c1ccccc1-c1ccc(-c3ccc4c(c3)C(C)(C)c3cc(-c5nc(-c6ccccc6)nc(-c6ccc7c(c6)oc6ccccc67)n5)ccc3-4)cc12. The molecule has 3 aliphatic rings. The summed E-state index contributed by atoms with van der Waals surface area (Å²) in [6.07, 6.45) is -2.39. The van der Waals surface area contributed by atoms with Gasteiger partial charge in [-0.3, -0.25) is 0 Å². The second kappa shape index (κ2) is 12.4. The largest absolute Gasteiger partial charge is 0.456 e. The van der Waals surface area contributed by atoms with Crippen LogP contribution in [0, 0.1) is 0 Å². The lowest BCUT2D eigenvalue weighted by molar-refractivity contribution is 0.353. The van der Waals surface area contributed by atoms with Crippen LogP contribution in [0.3, 0.4) is 0 Å². The van der Waals surface area contributed by atoms with Crippen LogP contribution in [0.1, 0.15) is 73.6 Å². The zero-order valence-electron chi connectivity index (χ0n) is 36.3. The van der Waals surface area contributed by atoms with E-state index in [0.717, 1.165) is 72.0 Å². The molecule has 1 fully saturated rings. The Labute approximate surface area is 343 Å². The molecule has 1 saturated carbocycles. The Hall–Kier alpha value is -6.65. The molecule has 2 aromatic heterocycles. The third-order valence-electron chi connectivity index (χ3n) is 12.8. The quantitative estimate of drug-likeness (QED) is 0.180. The van der Waals surface area contributed by atoms with Crippen molar-refractivity contribution in [3.05, 3.63) is 174 Å². The molecule has 0 bridgehead atoms. The first-order valence-corrected chi connectivity index (χ1v) is 20.2. The fourth-order valence-corrected chi connectivity index (χ4v) is 9.81. The Kier molecular flexibility index (Phi) is 6.33. The highest BCUT2D eigenvalue weighted by molar-refractivity contribution is 6.05. The van der Waals surface area contributed by atoms with Gasteiger partial charge in [0.25, 0.3) is 0 Å².